The number of nitrogens with two attached hydrogens (primary N) is 1. The predicted molar refractivity (Wildman–Crippen MR) is 65.4 cm³/mol. The van der Waals surface area contributed by atoms with Gasteiger partial charge in [-0.25, -0.2) is 0 Å². The van der Waals surface area contributed by atoms with Crippen LogP contribution in [0.25, 0.3) is 0 Å². The van der Waals surface area contributed by atoms with Crippen molar-refractivity contribution >= 4 is 5.97 Å². The number of carboxylic acid groups (broad SMARTS) is 1. The predicted octanol–water partition coefficient (Wildman–Crippen LogP) is 0.920. The summed E-state index contributed by atoms with van der Waals surface area (Å²) in [6, 6.07) is 10.2. The molecule has 0 unspecified atom stereocenters. The van der Waals surface area contributed by atoms with Crippen LogP contribution in [0, 0.1) is 5.92 Å². The normalized spacial score (nSPS) is 25.0. The SMILES string of the molecule is N[C@H]1CN(Cc2ccccc2)C[C@@H]1CC(=O)O. The van der Waals surface area contributed by atoms with Gasteiger partial charge in [0.25, 0.3) is 0 Å². The molecule has 92 valence electrons. The molecule has 4 heteroatoms. The molecule has 0 aliphatic carbocycles. The molecule has 1 fully saturated rings. The lowest BCUT2D eigenvalue weighted by atomic mass is 10.0. The van der Waals surface area contributed by atoms with E-state index in [1.54, 1.807) is 0 Å². The number of benzene rings is 1. The molecule has 1 aromatic rings. The molecule has 0 bridgehead atoms. The van der Waals surface area contributed by atoms with Gasteiger partial charge >= 0.3 is 5.97 Å². The molecule has 0 amide bonds. The molecular formula is C13H18N2O2. The number of carboxylic acids is 1. The van der Waals surface area contributed by atoms with Crippen LogP contribution in [0.5, 0.6) is 0 Å². The Hall–Kier alpha value is -1.39. The Bertz CT molecular complexity index is 380. The highest BCUT2D eigenvalue weighted by atomic mass is 16.4. The minimum absolute atomic E-state index is 0.0187. The molecule has 3 N–H and O–H groups in total. The monoisotopic (exact) mass is 234 g/mol. The van der Waals surface area contributed by atoms with Crippen molar-refractivity contribution in [2.75, 3.05) is 13.1 Å². The third-order valence-corrected chi connectivity index (χ3v) is 3.25. The Morgan fingerprint density at radius 2 is 2.06 bits per heavy atom. The average Bonchev–Trinajstić information content (AvgIpc) is 2.59. The smallest absolute Gasteiger partial charge is 0.303 e. The number of hydrogen-bond acceptors (Lipinski definition) is 3. The van der Waals surface area contributed by atoms with Crippen LogP contribution in [0.15, 0.2) is 30.3 Å². The van der Waals surface area contributed by atoms with E-state index in [-0.39, 0.29) is 18.4 Å². The second kappa shape index (κ2) is 5.29. The van der Waals surface area contributed by atoms with Crippen LogP contribution < -0.4 is 5.73 Å². The molecule has 1 heterocycles. The Balaban J connectivity index is 1.91. The molecular weight excluding hydrogens is 216 g/mol. The average molecular weight is 234 g/mol. The maximum atomic E-state index is 10.7. The van der Waals surface area contributed by atoms with Crippen LogP contribution in [-0.4, -0.2) is 35.1 Å². The van der Waals surface area contributed by atoms with Gasteiger partial charge in [0.1, 0.15) is 0 Å². The fraction of sp³-hybridized carbons (Fsp3) is 0.462. The number of carbonyl (C=O) groups is 1. The second-order valence-corrected chi connectivity index (χ2v) is 4.70. The van der Waals surface area contributed by atoms with Crippen LogP contribution in [0.2, 0.25) is 0 Å². The van der Waals surface area contributed by atoms with E-state index in [0.29, 0.717) is 0 Å². The molecule has 0 saturated carbocycles. The van der Waals surface area contributed by atoms with E-state index in [1.165, 1.54) is 5.56 Å². The molecule has 1 aliphatic heterocycles. The van der Waals surface area contributed by atoms with E-state index in [2.05, 4.69) is 17.0 Å². The van der Waals surface area contributed by atoms with Gasteiger partial charge in [0, 0.05) is 25.7 Å². The third-order valence-electron chi connectivity index (χ3n) is 3.25. The first kappa shape index (κ1) is 12.1. The Morgan fingerprint density at radius 1 is 1.35 bits per heavy atom. The maximum absolute atomic E-state index is 10.7. The van der Waals surface area contributed by atoms with Crippen LogP contribution in [-0.2, 0) is 11.3 Å². The van der Waals surface area contributed by atoms with Gasteiger partial charge in [-0.3, -0.25) is 9.69 Å². The number of rotatable bonds is 4. The van der Waals surface area contributed by atoms with E-state index >= 15 is 0 Å². The summed E-state index contributed by atoms with van der Waals surface area (Å²) in [5, 5.41) is 8.79. The maximum Gasteiger partial charge on any atom is 0.303 e. The molecule has 1 saturated heterocycles. The molecule has 2 rings (SSSR count). The van der Waals surface area contributed by atoms with Gasteiger partial charge in [-0.2, -0.15) is 0 Å². The van der Waals surface area contributed by atoms with Gasteiger partial charge in [0.15, 0.2) is 0 Å². The minimum Gasteiger partial charge on any atom is -0.481 e. The van der Waals surface area contributed by atoms with Crippen molar-refractivity contribution in [1.82, 2.24) is 4.90 Å². The van der Waals surface area contributed by atoms with E-state index in [0.717, 1.165) is 19.6 Å². The summed E-state index contributed by atoms with van der Waals surface area (Å²) in [5.41, 5.74) is 7.21. The van der Waals surface area contributed by atoms with Crippen molar-refractivity contribution in [1.29, 1.82) is 0 Å². The number of aliphatic carboxylic acids is 1. The van der Waals surface area contributed by atoms with Gasteiger partial charge in [-0.15, -0.1) is 0 Å². The van der Waals surface area contributed by atoms with Crippen molar-refractivity contribution in [3.05, 3.63) is 35.9 Å². The lowest BCUT2D eigenvalue weighted by Gasteiger charge is -2.15. The van der Waals surface area contributed by atoms with Crippen molar-refractivity contribution in [3.8, 4) is 0 Å². The van der Waals surface area contributed by atoms with Gasteiger partial charge in [-0.05, 0) is 11.5 Å². The van der Waals surface area contributed by atoms with Gasteiger partial charge < -0.3 is 10.8 Å². The number of likely N-dealkylation sites (tertiary alicyclic amines) is 1. The minimum atomic E-state index is -0.757. The summed E-state index contributed by atoms with van der Waals surface area (Å²) >= 11 is 0. The molecule has 17 heavy (non-hydrogen) atoms. The third kappa shape index (κ3) is 3.28. The highest BCUT2D eigenvalue weighted by Crippen LogP contribution is 2.20. The van der Waals surface area contributed by atoms with Crippen molar-refractivity contribution in [2.45, 2.75) is 19.0 Å². The second-order valence-electron chi connectivity index (χ2n) is 4.70. The van der Waals surface area contributed by atoms with Crippen LogP contribution in [0.1, 0.15) is 12.0 Å². The molecule has 1 aromatic carbocycles. The summed E-state index contributed by atoms with van der Waals surface area (Å²) in [6.07, 6.45) is 0.173. The summed E-state index contributed by atoms with van der Waals surface area (Å²) in [7, 11) is 0. The lowest BCUT2D eigenvalue weighted by molar-refractivity contribution is -0.138. The van der Waals surface area contributed by atoms with E-state index in [4.69, 9.17) is 10.8 Å². The first-order valence-electron chi connectivity index (χ1n) is 5.89. The molecule has 4 nitrogen and oxygen atoms in total. The fourth-order valence-electron chi connectivity index (χ4n) is 2.40. The zero-order valence-corrected chi connectivity index (χ0v) is 9.75. The van der Waals surface area contributed by atoms with Gasteiger partial charge in [0.05, 0.1) is 6.42 Å². The van der Waals surface area contributed by atoms with Crippen molar-refractivity contribution in [3.63, 3.8) is 0 Å². The summed E-state index contributed by atoms with van der Waals surface area (Å²) in [4.78, 5) is 12.9. The standard InChI is InChI=1S/C13H18N2O2/c14-12-9-15(8-11(12)6-13(16)17)7-10-4-2-1-3-5-10/h1-5,11-12H,6-9,14H2,(H,16,17)/t11-,12-/m0/s1. The number of hydrogen-bond donors (Lipinski definition) is 2. The molecule has 0 radical (unpaired) electrons. The Labute approximate surface area is 101 Å². The quantitative estimate of drug-likeness (QED) is 0.813. The highest BCUT2D eigenvalue weighted by Gasteiger charge is 2.31. The Kier molecular flexibility index (Phi) is 3.76. The summed E-state index contributed by atoms with van der Waals surface area (Å²) < 4.78 is 0. The van der Waals surface area contributed by atoms with Crippen molar-refractivity contribution < 1.29 is 9.90 Å². The van der Waals surface area contributed by atoms with E-state index in [1.807, 2.05) is 18.2 Å². The van der Waals surface area contributed by atoms with Gasteiger partial charge in [0.2, 0.25) is 0 Å². The van der Waals surface area contributed by atoms with Crippen LogP contribution in [0.3, 0.4) is 0 Å². The zero-order chi connectivity index (χ0) is 12.3. The van der Waals surface area contributed by atoms with Crippen LogP contribution >= 0.6 is 0 Å². The first-order chi connectivity index (χ1) is 8.15. The topological polar surface area (TPSA) is 66.6 Å². The van der Waals surface area contributed by atoms with Gasteiger partial charge in [-0.1, -0.05) is 30.3 Å². The van der Waals surface area contributed by atoms with E-state index < -0.39 is 5.97 Å². The molecule has 0 aromatic heterocycles. The Morgan fingerprint density at radius 3 is 2.71 bits per heavy atom. The van der Waals surface area contributed by atoms with E-state index in [9.17, 15) is 4.79 Å². The molecule has 2 atom stereocenters. The first-order valence-corrected chi connectivity index (χ1v) is 5.89. The summed E-state index contributed by atoms with van der Waals surface area (Å²) in [5.74, 6) is -0.678. The fourth-order valence-corrected chi connectivity index (χ4v) is 2.40. The largest absolute Gasteiger partial charge is 0.481 e. The molecule has 1 aliphatic rings. The zero-order valence-electron chi connectivity index (χ0n) is 9.75. The van der Waals surface area contributed by atoms with Crippen LogP contribution in [0.4, 0.5) is 0 Å². The number of nitrogens with zero attached hydrogens (tertiary/aromatic N) is 1. The summed E-state index contributed by atoms with van der Waals surface area (Å²) in [6.45, 7) is 2.42. The highest BCUT2D eigenvalue weighted by molar-refractivity contribution is 5.67. The molecule has 0 spiro atoms. The van der Waals surface area contributed by atoms with Crippen molar-refractivity contribution in [2.24, 2.45) is 11.7 Å². The lowest BCUT2D eigenvalue weighted by Crippen LogP contribution is -2.30.